The fraction of sp³-hybridized carbons (Fsp3) is 0.949. The summed E-state index contributed by atoms with van der Waals surface area (Å²) in [5.41, 5.74) is 0. The zero-order valence-electron chi connectivity index (χ0n) is 63.4. The van der Waals surface area contributed by atoms with Crippen molar-refractivity contribution in [3.05, 3.63) is 0 Å². The normalized spacial score (nSPS) is 14.0. The molecule has 0 aromatic rings. The van der Waals surface area contributed by atoms with Crippen molar-refractivity contribution in [1.29, 1.82) is 0 Å². The summed E-state index contributed by atoms with van der Waals surface area (Å²) in [7, 11) is -9.91. The summed E-state index contributed by atoms with van der Waals surface area (Å²) in [5.74, 6) is -0.639. The second-order valence-electron chi connectivity index (χ2n) is 29.1. The van der Waals surface area contributed by atoms with Crippen molar-refractivity contribution in [2.75, 3.05) is 39.6 Å². The van der Waals surface area contributed by atoms with E-state index in [-0.39, 0.29) is 25.7 Å². The number of rotatable bonds is 77. The summed E-state index contributed by atoms with van der Waals surface area (Å²) in [6, 6.07) is 0. The molecule has 17 nitrogen and oxygen atoms in total. The van der Waals surface area contributed by atoms with E-state index in [1.165, 1.54) is 218 Å². The maximum absolute atomic E-state index is 13.1. The van der Waals surface area contributed by atoms with Crippen LogP contribution in [-0.2, 0) is 65.4 Å². The molecule has 0 bridgehead atoms. The van der Waals surface area contributed by atoms with E-state index in [9.17, 15) is 43.2 Å². The largest absolute Gasteiger partial charge is 0.472 e. The van der Waals surface area contributed by atoms with Crippen LogP contribution in [-0.4, -0.2) is 96.7 Å². The van der Waals surface area contributed by atoms with Crippen LogP contribution in [0.1, 0.15) is 408 Å². The minimum Gasteiger partial charge on any atom is -0.462 e. The predicted octanol–water partition coefficient (Wildman–Crippen LogP) is 23.1. The number of aliphatic hydroxyl groups excluding tert-OH is 1. The van der Waals surface area contributed by atoms with Gasteiger partial charge in [0.25, 0.3) is 0 Å². The number of carbonyl (C=O) groups is 4. The molecule has 0 aliphatic rings. The van der Waals surface area contributed by atoms with Crippen LogP contribution in [0.25, 0.3) is 0 Å². The van der Waals surface area contributed by atoms with Crippen LogP contribution in [0.4, 0.5) is 0 Å². The third kappa shape index (κ3) is 72.2. The van der Waals surface area contributed by atoms with Crippen molar-refractivity contribution < 1.29 is 80.2 Å². The molecule has 0 rings (SSSR count). The Labute approximate surface area is 594 Å². The first kappa shape index (κ1) is 95.1. The molecule has 0 saturated carbocycles. The highest BCUT2D eigenvalue weighted by atomic mass is 31.2. The molecule has 0 heterocycles. The Morgan fingerprint density at radius 1 is 0.278 bits per heavy atom. The van der Waals surface area contributed by atoms with Gasteiger partial charge in [0, 0.05) is 25.7 Å². The minimum absolute atomic E-state index is 0.106. The Bertz CT molecular complexity index is 1870. The highest BCUT2D eigenvalue weighted by molar-refractivity contribution is 7.47. The van der Waals surface area contributed by atoms with Crippen molar-refractivity contribution in [2.24, 2.45) is 11.8 Å². The Hall–Kier alpha value is -1.94. The van der Waals surface area contributed by atoms with Crippen LogP contribution in [0.5, 0.6) is 0 Å². The molecular weight excluding hydrogens is 1270 g/mol. The molecule has 0 spiro atoms. The molecule has 0 aliphatic carbocycles. The maximum atomic E-state index is 13.1. The zero-order valence-corrected chi connectivity index (χ0v) is 65.2. The number of hydrogen-bond acceptors (Lipinski definition) is 15. The summed E-state index contributed by atoms with van der Waals surface area (Å²) in [5, 5.41) is 10.6. The van der Waals surface area contributed by atoms with Gasteiger partial charge in [-0.25, -0.2) is 9.13 Å². The molecule has 97 heavy (non-hydrogen) atoms. The van der Waals surface area contributed by atoms with Crippen molar-refractivity contribution in [3.63, 3.8) is 0 Å². The molecule has 0 amide bonds. The molecule has 576 valence electrons. The van der Waals surface area contributed by atoms with E-state index in [0.29, 0.717) is 31.6 Å². The van der Waals surface area contributed by atoms with Gasteiger partial charge in [-0.1, -0.05) is 356 Å². The van der Waals surface area contributed by atoms with E-state index in [2.05, 4.69) is 41.5 Å². The zero-order chi connectivity index (χ0) is 71.4. The minimum atomic E-state index is -4.96. The van der Waals surface area contributed by atoms with Crippen molar-refractivity contribution >= 4 is 39.5 Å². The molecule has 0 aromatic carbocycles. The Balaban J connectivity index is 5.18. The molecule has 3 N–H and O–H groups in total. The number of carbonyl (C=O) groups excluding carboxylic acids is 4. The lowest BCUT2D eigenvalue weighted by Gasteiger charge is -2.21. The summed E-state index contributed by atoms with van der Waals surface area (Å²) >= 11 is 0. The Kier molecular flexibility index (Phi) is 68.4. The quantitative estimate of drug-likeness (QED) is 0.0222. The van der Waals surface area contributed by atoms with Crippen LogP contribution in [0.15, 0.2) is 0 Å². The van der Waals surface area contributed by atoms with Gasteiger partial charge in [-0.05, 0) is 37.5 Å². The molecule has 0 radical (unpaired) electrons. The van der Waals surface area contributed by atoms with Crippen LogP contribution in [0.2, 0.25) is 0 Å². The molecule has 5 atom stereocenters. The van der Waals surface area contributed by atoms with Gasteiger partial charge in [0.15, 0.2) is 12.2 Å². The number of phosphoric acid groups is 2. The number of ether oxygens (including phenoxy) is 4. The average molecular weight is 1420 g/mol. The molecule has 2 unspecified atom stereocenters. The fourth-order valence-electron chi connectivity index (χ4n) is 12.0. The van der Waals surface area contributed by atoms with Crippen LogP contribution >= 0.6 is 15.6 Å². The Morgan fingerprint density at radius 3 is 0.701 bits per heavy atom. The number of aliphatic hydroxyl groups is 1. The van der Waals surface area contributed by atoms with Gasteiger partial charge in [0.1, 0.15) is 19.3 Å². The third-order valence-corrected chi connectivity index (χ3v) is 20.1. The number of phosphoric ester groups is 2. The van der Waals surface area contributed by atoms with E-state index in [0.717, 1.165) is 102 Å². The van der Waals surface area contributed by atoms with E-state index in [1.54, 1.807) is 0 Å². The standard InChI is InChI=1S/C78H152O17P2/c1-7-9-11-13-15-17-19-20-21-22-23-24-25-26-27-28-29-33-38-44-51-57-63-78(83)94-73(66-88-75(80)60-54-48-42-36-34-30-32-35-40-46-52-58-70(3)4)68-92-96(84,85)90-64-72(79)65-91-97(86,87)93-69-74(67-89-76(81)61-55-49-45-39-41-47-53-59-71(5)6)95-77(82)62-56-50-43-37-31-18-16-14-12-10-8-2/h70-74,79H,7-69H2,1-6H3,(H,84,85)(H,86,87)/t72-,73-,74-/m1/s1. The highest BCUT2D eigenvalue weighted by Crippen LogP contribution is 2.45. The first-order chi connectivity index (χ1) is 46.9. The van der Waals surface area contributed by atoms with Gasteiger partial charge < -0.3 is 33.8 Å². The van der Waals surface area contributed by atoms with Crippen LogP contribution in [0, 0.1) is 11.8 Å². The van der Waals surface area contributed by atoms with E-state index >= 15 is 0 Å². The van der Waals surface area contributed by atoms with Gasteiger partial charge >= 0.3 is 39.5 Å². The molecule has 0 aromatic heterocycles. The van der Waals surface area contributed by atoms with Crippen LogP contribution < -0.4 is 0 Å². The second kappa shape index (κ2) is 69.8. The number of unbranched alkanes of at least 4 members (excludes halogenated alkanes) is 47. The van der Waals surface area contributed by atoms with Crippen molar-refractivity contribution in [1.82, 2.24) is 0 Å². The van der Waals surface area contributed by atoms with Gasteiger partial charge in [-0.3, -0.25) is 37.3 Å². The van der Waals surface area contributed by atoms with Gasteiger partial charge in [-0.15, -0.1) is 0 Å². The summed E-state index contributed by atoms with van der Waals surface area (Å²) in [6.45, 7) is 9.55. The van der Waals surface area contributed by atoms with Gasteiger partial charge in [0.2, 0.25) is 0 Å². The lowest BCUT2D eigenvalue weighted by Crippen LogP contribution is -2.30. The molecule has 19 heteroatoms. The first-order valence-corrected chi connectivity index (χ1v) is 43.5. The smallest absolute Gasteiger partial charge is 0.462 e. The first-order valence-electron chi connectivity index (χ1n) is 40.5. The molecular formula is C78H152O17P2. The van der Waals surface area contributed by atoms with E-state index in [4.69, 9.17) is 37.0 Å². The second-order valence-corrected chi connectivity index (χ2v) is 32.0. The summed E-state index contributed by atoms with van der Waals surface area (Å²) in [4.78, 5) is 72.8. The topological polar surface area (TPSA) is 237 Å². The molecule has 0 saturated heterocycles. The monoisotopic (exact) mass is 1420 g/mol. The molecule has 0 aliphatic heterocycles. The predicted molar refractivity (Wildman–Crippen MR) is 395 cm³/mol. The third-order valence-electron chi connectivity index (χ3n) is 18.2. The lowest BCUT2D eigenvalue weighted by molar-refractivity contribution is -0.161. The van der Waals surface area contributed by atoms with Crippen LogP contribution in [0.3, 0.4) is 0 Å². The average Bonchev–Trinajstić information content (AvgIpc) is 1.43. The number of esters is 4. The lowest BCUT2D eigenvalue weighted by atomic mass is 10.0. The van der Waals surface area contributed by atoms with Gasteiger partial charge in [0.05, 0.1) is 26.4 Å². The van der Waals surface area contributed by atoms with E-state index < -0.39 is 97.5 Å². The summed E-state index contributed by atoms with van der Waals surface area (Å²) in [6.07, 6.45) is 58.5. The van der Waals surface area contributed by atoms with E-state index in [1.807, 2.05) is 0 Å². The summed E-state index contributed by atoms with van der Waals surface area (Å²) < 4.78 is 68.5. The maximum Gasteiger partial charge on any atom is 0.472 e. The van der Waals surface area contributed by atoms with Crippen molar-refractivity contribution in [3.8, 4) is 0 Å². The SMILES string of the molecule is CCCCCCCCCCCCCCCCCCCCCCCCC(=O)O[C@H](COC(=O)CCCCCCCCCCCCCC(C)C)COP(=O)(O)OC[C@@H](O)COP(=O)(O)OC[C@@H](COC(=O)CCCCCCCCCC(C)C)OC(=O)CCCCCCCCCCCCC. The van der Waals surface area contributed by atoms with Gasteiger partial charge in [-0.2, -0.15) is 0 Å². The fourth-order valence-corrected chi connectivity index (χ4v) is 13.6. The molecule has 0 fully saturated rings. The van der Waals surface area contributed by atoms with Crippen molar-refractivity contribution in [2.45, 2.75) is 426 Å². The highest BCUT2D eigenvalue weighted by Gasteiger charge is 2.30. The number of hydrogen-bond donors (Lipinski definition) is 3. The Morgan fingerprint density at radius 2 is 0.474 bits per heavy atom.